The molecule has 1 aliphatic heterocycles. The van der Waals surface area contributed by atoms with Crippen LogP contribution in [0.1, 0.15) is 29.0 Å². The Morgan fingerprint density at radius 2 is 2.28 bits per heavy atom. The zero-order chi connectivity index (χ0) is 12.7. The van der Waals surface area contributed by atoms with E-state index in [4.69, 9.17) is 5.73 Å². The summed E-state index contributed by atoms with van der Waals surface area (Å²) in [6.45, 7) is 5.75. The smallest absolute Gasteiger partial charge is 0.0328 e. The van der Waals surface area contributed by atoms with Crippen molar-refractivity contribution < 1.29 is 0 Å². The molecule has 3 rings (SSSR count). The maximum absolute atomic E-state index is 6.27. The van der Waals surface area contributed by atoms with Crippen molar-refractivity contribution >= 4 is 27.3 Å². The van der Waals surface area contributed by atoms with E-state index in [2.05, 4.69) is 33.8 Å². The second kappa shape index (κ2) is 5.23. The molecule has 3 unspecified atom stereocenters. The highest BCUT2D eigenvalue weighted by atomic mass is 79.9. The summed E-state index contributed by atoms with van der Waals surface area (Å²) >= 11 is 5.52. The second-order valence-corrected chi connectivity index (χ2v) is 8.02. The molecule has 0 radical (unpaired) electrons. The summed E-state index contributed by atoms with van der Waals surface area (Å²) in [7, 11) is 0. The fraction of sp³-hybridized carbons (Fsp3) is 0.714. The molecule has 2 aliphatic rings. The fourth-order valence-electron chi connectivity index (χ4n) is 3.55. The van der Waals surface area contributed by atoms with Crippen molar-refractivity contribution in [1.82, 2.24) is 4.90 Å². The number of hydrogen-bond acceptors (Lipinski definition) is 3. The highest BCUT2D eigenvalue weighted by Gasteiger charge is 2.38. The molecule has 0 bridgehead atoms. The van der Waals surface area contributed by atoms with Crippen molar-refractivity contribution in [3.8, 4) is 0 Å². The number of thiophene rings is 1. The van der Waals surface area contributed by atoms with Gasteiger partial charge in [0.1, 0.15) is 0 Å². The van der Waals surface area contributed by atoms with Crippen molar-refractivity contribution in [2.45, 2.75) is 38.8 Å². The molecule has 0 spiro atoms. The summed E-state index contributed by atoms with van der Waals surface area (Å²) in [5.74, 6) is 1.61. The number of likely N-dealkylation sites (tertiary alicyclic amines) is 1. The molecule has 1 aromatic rings. The van der Waals surface area contributed by atoms with Crippen LogP contribution in [-0.4, -0.2) is 24.0 Å². The Hall–Kier alpha value is 0.100. The molecule has 3 atom stereocenters. The lowest BCUT2D eigenvalue weighted by Gasteiger charge is -2.29. The number of rotatable bonds is 2. The van der Waals surface area contributed by atoms with E-state index in [0.717, 1.165) is 18.4 Å². The molecule has 2 heterocycles. The fourth-order valence-corrected chi connectivity index (χ4v) is 5.20. The van der Waals surface area contributed by atoms with Gasteiger partial charge < -0.3 is 5.73 Å². The lowest BCUT2D eigenvalue weighted by Crippen LogP contribution is -2.38. The Morgan fingerprint density at radius 1 is 1.44 bits per heavy atom. The lowest BCUT2D eigenvalue weighted by molar-refractivity contribution is 0.259. The van der Waals surface area contributed by atoms with Gasteiger partial charge in [0.2, 0.25) is 0 Å². The third kappa shape index (κ3) is 2.53. The van der Waals surface area contributed by atoms with E-state index in [1.807, 2.05) is 11.3 Å². The molecule has 1 saturated carbocycles. The lowest BCUT2D eigenvalue weighted by atomic mass is 9.78. The van der Waals surface area contributed by atoms with E-state index in [0.29, 0.717) is 6.04 Å². The SMILES string of the molecule is Cc1sc(CN2CC3CCCC(N)C3C2)cc1Br. The number of halogens is 1. The van der Waals surface area contributed by atoms with Crippen LogP contribution in [0, 0.1) is 18.8 Å². The molecule has 2 N–H and O–H groups in total. The normalized spacial score (nSPS) is 32.7. The van der Waals surface area contributed by atoms with Gasteiger partial charge >= 0.3 is 0 Å². The van der Waals surface area contributed by atoms with E-state index < -0.39 is 0 Å². The van der Waals surface area contributed by atoms with E-state index in [9.17, 15) is 0 Å². The molecule has 18 heavy (non-hydrogen) atoms. The summed E-state index contributed by atoms with van der Waals surface area (Å²) in [6, 6.07) is 2.73. The van der Waals surface area contributed by atoms with Crippen molar-refractivity contribution in [2.24, 2.45) is 17.6 Å². The summed E-state index contributed by atoms with van der Waals surface area (Å²) in [4.78, 5) is 5.48. The van der Waals surface area contributed by atoms with Crippen LogP contribution in [0.3, 0.4) is 0 Å². The average molecular weight is 329 g/mol. The van der Waals surface area contributed by atoms with E-state index >= 15 is 0 Å². The Kier molecular flexibility index (Phi) is 3.81. The molecule has 1 aromatic heterocycles. The monoisotopic (exact) mass is 328 g/mol. The molecule has 2 nitrogen and oxygen atoms in total. The summed E-state index contributed by atoms with van der Waals surface area (Å²) in [5, 5.41) is 0. The maximum Gasteiger partial charge on any atom is 0.0328 e. The molecule has 0 aromatic carbocycles. The molecule has 0 amide bonds. The van der Waals surface area contributed by atoms with Crippen LogP contribution in [0.25, 0.3) is 0 Å². The summed E-state index contributed by atoms with van der Waals surface area (Å²) in [6.07, 6.45) is 3.96. The first-order valence-electron chi connectivity index (χ1n) is 6.86. The first-order chi connectivity index (χ1) is 8.63. The van der Waals surface area contributed by atoms with Crippen LogP contribution in [-0.2, 0) is 6.54 Å². The number of nitrogens with zero attached hydrogens (tertiary/aromatic N) is 1. The van der Waals surface area contributed by atoms with Gasteiger partial charge in [0.05, 0.1) is 0 Å². The first kappa shape index (κ1) is 13.1. The second-order valence-electron chi connectivity index (χ2n) is 5.83. The van der Waals surface area contributed by atoms with Crippen LogP contribution < -0.4 is 5.73 Å². The van der Waals surface area contributed by atoms with E-state index in [-0.39, 0.29) is 0 Å². The van der Waals surface area contributed by atoms with Gasteiger partial charge in [-0.2, -0.15) is 0 Å². The van der Waals surface area contributed by atoms with Crippen molar-refractivity contribution in [2.75, 3.05) is 13.1 Å². The third-order valence-electron chi connectivity index (χ3n) is 4.52. The standard InChI is InChI=1S/C14H21BrN2S/c1-9-13(15)5-11(18-9)7-17-6-10-3-2-4-14(16)12(10)8-17/h5,10,12,14H,2-4,6-8,16H2,1H3. The number of nitrogens with two attached hydrogens (primary N) is 1. The Bertz CT molecular complexity index is 412. The Balaban J connectivity index is 1.65. The summed E-state index contributed by atoms with van der Waals surface area (Å²) < 4.78 is 1.26. The predicted molar refractivity (Wildman–Crippen MR) is 80.8 cm³/mol. The van der Waals surface area contributed by atoms with Gasteiger partial charge in [-0.05, 0) is 53.6 Å². The highest BCUT2D eigenvalue weighted by molar-refractivity contribution is 9.10. The average Bonchev–Trinajstić information content (AvgIpc) is 2.85. The maximum atomic E-state index is 6.27. The van der Waals surface area contributed by atoms with Gasteiger partial charge in [-0.25, -0.2) is 0 Å². The molecule has 1 aliphatic carbocycles. The zero-order valence-electron chi connectivity index (χ0n) is 10.9. The van der Waals surface area contributed by atoms with Crippen LogP contribution in [0.2, 0.25) is 0 Å². The first-order valence-corrected chi connectivity index (χ1v) is 8.47. The van der Waals surface area contributed by atoms with Crippen LogP contribution in [0.5, 0.6) is 0 Å². The minimum Gasteiger partial charge on any atom is -0.327 e. The van der Waals surface area contributed by atoms with Crippen molar-refractivity contribution in [3.05, 3.63) is 20.3 Å². The Labute approximate surface area is 122 Å². The van der Waals surface area contributed by atoms with Crippen LogP contribution >= 0.6 is 27.3 Å². The minimum atomic E-state index is 0.450. The molecule has 4 heteroatoms. The van der Waals surface area contributed by atoms with Gasteiger partial charge in [0.15, 0.2) is 0 Å². The van der Waals surface area contributed by atoms with Crippen LogP contribution in [0.4, 0.5) is 0 Å². The number of aryl methyl sites for hydroxylation is 1. The Morgan fingerprint density at radius 3 is 2.94 bits per heavy atom. The van der Waals surface area contributed by atoms with Crippen LogP contribution in [0.15, 0.2) is 10.5 Å². The molecule has 1 saturated heterocycles. The zero-order valence-corrected chi connectivity index (χ0v) is 13.3. The van der Waals surface area contributed by atoms with Gasteiger partial charge in [0.25, 0.3) is 0 Å². The number of hydrogen-bond donors (Lipinski definition) is 1. The quantitative estimate of drug-likeness (QED) is 0.901. The van der Waals surface area contributed by atoms with Crippen molar-refractivity contribution in [1.29, 1.82) is 0 Å². The van der Waals surface area contributed by atoms with Gasteiger partial charge in [-0.1, -0.05) is 6.42 Å². The highest BCUT2D eigenvalue weighted by Crippen LogP contribution is 2.37. The van der Waals surface area contributed by atoms with E-state index in [1.54, 1.807) is 0 Å². The van der Waals surface area contributed by atoms with Gasteiger partial charge in [-0.3, -0.25) is 4.90 Å². The molecular weight excluding hydrogens is 308 g/mol. The minimum absolute atomic E-state index is 0.450. The number of fused-ring (bicyclic) bond motifs is 1. The van der Waals surface area contributed by atoms with Crippen molar-refractivity contribution in [3.63, 3.8) is 0 Å². The van der Waals surface area contributed by atoms with E-state index in [1.165, 1.54) is 46.6 Å². The van der Waals surface area contributed by atoms with Gasteiger partial charge in [0, 0.05) is 39.9 Å². The predicted octanol–water partition coefficient (Wildman–Crippen LogP) is 3.38. The third-order valence-corrected chi connectivity index (χ3v) is 6.64. The van der Waals surface area contributed by atoms with Gasteiger partial charge in [-0.15, -0.1) is 11.3 Å². The summed E-state index contributed by atoms with van der Waals surface area (Å²) in [5.41, 5.74) is 6.27. The molecule has 2 fully saturated rings. The molecular formula is C14H21BrN2S. The molecule has 100 valence electrons. The topological polar surface area (TPSA) is 29.3 Å². The largest absolute Gasteiger partial charge is 0.327 e.